The fourth-order valence-electron chi connectivity index (χ4n) is 4.78. The molecule has 5 heteroatoms. The number of piperidine rings is 1. The zero-order valence-corrected chi connectivity index (χ0v) is 17.3. The summed E-state index contributed by atoms with van der Waals surface area (Å²) in [5, 5.41) is 1.54. The maximum atomic E-state index is 13.6. The van der Waals surface area contributed by atoms with E-state index >= 15 is 0 Å². The molecule has 2 aliphatic heterocycles. The molecule has 0 bridgehead atoms. The van der Waals surface area contributed by atoms with Crippen LogP contribution in [0.5, 0.6) is 0 Å². The van der Waals surface area contributed by atoms with E-state index in [1.807, 2.05) is 59.5 Å². The Balaban J connectivity index is 1.59. The lowest BCUT2D eigenvalue weighted by molar-refractivity contribution is -0.136. The molecule has 0 N–H and O–H groups in total. The molecule has 0 spiro atoms. The van der Waals surface area contributed by atoms with Gasteiger partial charge in [-0.15, -0.1) is 0 Å². The van der Waals surface area contributed by atoms with Crippen molar-refractivity contribution in [2.45, 2.75) is 31.7 Å². The van der Waals surface area contributed by atoms with Gasteiger partial charge in [-0.2, -0.15) is 0 Å². The van der Waals surface area contributed by atoms with Crippen LogP contribution in [-0.2, 0) is 11.2 Å². The summed E-state index contributed by atoms with van der Waals surface area (Å²) in [6.45, 7) is 1.35. The van der Waals surface area contributed by atoms with Gasteiger partial charge in [0.05, 0.1) is 0 Å². The van der Waals surface area contributed by atoms with Gasteiger partial charge >= 0.3 is 0 Å². The number of hydrogen-bond donors (Lipinski definition) is 0. The zero-order valence-electron chi connectivity index (χ0n) is 17.3. The third-order valence-corrected chi connectivity index (χ3v) is 6.34. The van der Waals surface area contributed by atoms with E-state index in [0.29, 0.717) is 36.0 Å². The van der Waals surface area contributed by atoms with Crippen molar-refractivity contribution >= 4 is 28.5 Å². The van der Waals surface area contributed by atoms with Crippen LogP contribution < -0.4 is 0 Å². The van der Waals surface area contributed by atoms with Gasteiger partial charge in [0.1, 0.15) is 6.04 Å². The van der Waals surface area contributed by atoms with Gasteiger partial charge in [-0.1, -0.05) is 54.6 Å². The Bertz CT molecular complexity index is 1110. The number of carbonyl (C=O) groups excluding carboxylic acids is 3. The third kappa shape index (κ3) is 3.40. The van der Waals surface area contributed by atoms with E-state index in [0.717, 1.165) is 30.2 Å². The summed E-state index contributed by atoms with van der Waals surface area (Å²) in [7, 11) is 0. The standard InChI is InChI=1S/C26H24N2O3/c29-24-20-13-7-11-19-12-8-14-21(23(19)20)25(30)28(24)22(17-18-9-3-1-4-10-18)26(31)27-15-5-2-6-16-27/h1,3-4,7-14,22H,2,5-6,15-17H2/t22-/m1/s1. The predicted molar refractivity (Wildman–Crippen MR) is 119 cm³/mol. The van der Waals surface area contributed by atoms with E-state index in [1.54, 1.807) is 12.1 Å². The van der Waals surface area contributed by atoms with Crippen molar-refractivity contribution < 1.29 is 14.4 Å². The molecule has 3 amide bonds. The highest BCUT2D eigenvalue weighted by Crippen LogP contribution is 2.32. The van der Waals surface area contributed by atoms with Crippen LogP contribution in [-0.4, -0.2) is 46.7 Å². The maximum absolute atomic E-state index is 13.6. The third-order valence-electron chi connectivity index (χ3n) is 6.34. The summed E-state index contributed by atoms with van der Waals surface area (Å²) < 4.78 is 0. The number of carbonyl (C=O) groups is 3. The molecule has 1 fully saturated rings. The molecule has 1 atom stereocenters. The van der Waals surface area contributed by atoms with Crippen LogP contribution in [0.3, 0.4) is 0 Å². The lowest BCUT2D eigenvalue weighted by atomic mass is 9.91. The molecular formula is C26H24N2O3. The molecule has 31 heavy (non-hydrogen) atoms. The smallest absolute Gasteiger partial charge is 0.262 e. The van der Waals surface area contributed by atoms with Gasteiger partial charge < -0.3 is 4.90 Å². The van der Waals surface area contributed by atoms with E-state index in [4.69, 9.17) is 0 Å². The van der Waals surface area contributed by atoms with Crippen molar-refractivity contribution in [2.75, 3.05) is 13.1 Å². The fourth-order valence-corrected chi connectivity index (χ4v) is 4.78. The van der Waals surface area contributed by atoms with E-state index in [9.17, 15) is 14.4 Å². The largest absolute Gasteiger partial charge is 0.341 e. The highest BCUT2D eigenvalue weighted by atomic mass is 16.2. The van der Waals surface area contributed by atoms with E-state index in [2.05, 4.69) is 0 Å². The topological polar surface area (TPSA) is 57.7 Å². The van der Waals surface area contributed by atoms with Gasteiger partial charge in [-0.3, -0.25) is 19.3 Å². The van der Waals surface area contributed by atoms with E-state index in [1.165, 1.54) is 4.90 Å². The predicted octanol–water partition coefficient (Wildman–Crippen LogP) is 4.06. The molecule has 2 heterocycles. The van der Waals surface area contributed by atoms with Gasteiger partial charge in [0.15, 0.2) is 0 Å². The van der Waals surface area contributed by atoms with Gasteiger partial charge in [0.25, 0.3) is 11.8 Å². The first-order chi connectivity index (χ1) is 15.1. The van der Waals surface area contributed by atoms with E-state index < -0.39 is 6.04 Å². The lowest BCUT2D eigenvalue weighted by Crippen LogP contribution is -2.56. The highest BCUT2D eigenvalue weighted by Gasteiger charge is 2.42. The Morgan fingerprint density at radius 2 is 1.39 bits per heavy atom. The molecule has 3 aromatic carbocycles. The average Bonchev–Trinajstić information content (AvgIpc) is 2.82. The molecular weight excluding hydrogens is 388 g/mol. The fraction of sp³-hybridized carbons (Fsp3) is 0.269. The zero-order chi connectivity index (χ0) is 21.4. The summed E-state index contributed by atoms with van der Waals surface area (Å²) in [4.78, 5) is 43.8. The molecule has 1 saturated heterocycles. The number of imide groups is 1. The molecule has 2 aliphatic rings. The van der Waals surface area contributed by atoms with Crippen LogP contribution in [0.15, 0.2) is 66.7 Å². The minimum atomic E-state index is -0.857. The molecule has 0 radical (unpaired) electrons. The Labute approximate surface area is 181 Å². The molecule has 156 valence electrons. The molecule has 0 aromatic heterocycles. The van der Waals surface area contributed by atoms with Crippen LogP contribution in [0.1, 0.15) is 45.5 Å². The molecule has 0 saturated carbocycles. The number of rotatable bonds is 4. The average molecular weight is 412 g/mol. The Kier molecular flexibility index (Phi) is 5.02. The van der Waals surface area contributed by atoms with Gasteiger partial charge in [-0.25, -0.2) is 0 Å². The molecule has 5 rings (SSSR count). The van der Waals surface area contributed by atoms with Crippen LogP contribution in [0.25, 0.3) is 10.8 Å². The number of hydrogen-bond acceptors (Lipinski definition) is 3. The SMILES string of the molecule is O=C([C@@H](Cc1ccccc1)N1C(=O)c2cccc3cccc(c23)C1=O)N1CCCCC1. The van der Waals surface area contributed by atoms with Crippen LogP contribution in [0, 0.1) is 0 Å². The van der Waals surface area contributed by atoms with Crippen LogP contribution in [0.2, 0.25) is 0 Å². The second-order valence-electron chi connectivity index (χ2n) is 8.28. The minimum Gasteiger partial charge on any atom is -0.341 e. The number of likely N-dealkylation sites (tertiary alicyclic amines) is 1. The summed E-state index contributed by atoms with van der Waals surface area (Å²) in [5.74, 6) is -0.919. The maximum Gasteiger partial charge on any atom is 0.262 e. The van der Waals surface area contributed by atoms with Gasteiger partial charge in [0, 0.05) is 36.0 Å². The number of amides is 3. The second kappa shape index (κ2) is 7.99. The molecule has 0 aliphatic carbocycles. The van der Waals surface area contributed by atoms with Crippen molar-refractivity contribution in [1.82, 2.24) is 9.80 Å². The Morgan fingerprint density at radius 3 is 2.00 bits per heavy atom. The Hall–Kier alpha value is -3.47. The highest BCUT2D eigenvalue weighted by molar-refractivity contribution is 6.26. The number of benzene rings is 3. The van der Waals surface area contributed by atoms with Crippen molar-refractivity contribution in [2.24, 2.45) is 0 Å². The van der Waals surface area contributed by atoms with E-state index in [-0.39, 0.29) is 17.7 Å². The van der Waals surface area contributed by atoms with Crippen molar-refractivity contribution in [3.8, 4) is 0 Å². The quantitative estimate of drug-likeness (QED) is 0.607. The normalized spacial score (nSPS) is 17.2. The van der Waals surface area contributed by atoms with Crippen molar-refractivity contribution in [3.05, 3.63) is 83.4 Å². The summed E-state index contributed by atoms with van der Waals surface area (Å²) in [6, 6.07) is 19.7. The van der Waals surface area contributed by atoms with Crippen molar-refractivity contribution in [3.63, 3.8) is 0 Å². The van der Waals surface area contributed by atoms with Crippen molar-refractivity contribution in [1.29, 1.82) is 0 Å². The molecule has 3 aromatic rings. The molecule has 0 unspecified atom stereocenters. The summed E-state index contributed by atoms with van der Waals surface area (Å²) in [6.07, 6.45) is 3.32. The minimum absolute atomic E-state index is 0.142. The van der Waals surface area contributed by atoms with Crippen LogP contribution >= 0.6 is 0 Å². The number of nitrogens with zero attached hydrogens (tertiary/aromatic N) is 2. The summed E-state index contributed by atoms with van der Waals surface area (Å²) >= 11 is 0. The van der Waals surface area contributed by atoms with Crippen LogP contribution in [0.4, 0.5) is 0 Å². The van der Waals surface area contributed by atoms with Gasteiger partial charge in [-0.05, 0) is 42.3 Å². The first kappa shape index (κ1) is 19.5. The summed E-state index contributed by atoms with van der Waals surface area (Å²) in [5.41, 5.74) is 1.89. The first-order valence-electron chi connectivity index (χ1n) is 10.9. The van der Waals surface area contributed by atoms with Gasteiger partial charge in [0.2, 0.25) is 5.91 Å². The Morgan fingerprint density at radius 1 is 0.774 bits per heavy atom. The second-order valence-corrected chi connectivity index (χ2v) is 8.28. The first-order valence-corrected chi connectivity index (χ1v) is 10.9. The monoisotopic (exact) mass is 412 g/mol. The molecule has 5 nitrogen and oxygen atoms in total. The lowest BCUT2D eigenvalue weighted by Gasteiger charge is -2.37.